The fraction of sp³-hybridized carbons (Fsp3) is 0.381. The van der Waals surface area contributed by atoms with Gasteiger partial charge in [0.2, 0.25) is 5.91 Å². The van der Waals surface area contributed by atoms with Gasteiger partial charge in [-0.15, -0.1) is 0 Å². The smallest absolute Gasteiger partial charge is 0.234 e. The van der Waals surface area contributed by atoms with Gasteiger partial charge in [0.25, 0.3) is 0 Å². The molecule has 140 valence electrons. The molecule has 2 aromatic rings. The number of rotatable bonds is 9. The third-order valence-electron chi connectivity index (χ3n) is 4.16. The zero-order chi connectivity index (χ0) is 18.9. The number of nitrogens with one attached hydrogen (secondary N) is 1. The molecule has 1 amide bonds. The highest BCUT2D eigenvalue weighted by Crippen LogP contribution is 2.24. The number of ether oxygens (including phenoxy) is 2. The van der Waals surface area contributed by atoms with E-state index in [1.54, 1.807) is 7.11 Å². The van der Waals surface area contributed by atoms with Gasteiger partial charge < -0.3 is 14.8 Å². The van der Waals surface area contributed by atoms with Gasteiger partial charge in [-0.1, -0.05) is 35.9 Å². The summed E-state index contributed by atoms with van der Waals surface area (Å²) in [6.45, 7) is 5.52. The molecule has 0 bridgehead atoms. The summed E-state index contributed by atoms with van der Waals surface area (Å²) in [5.41, 5.74) is 2.17. The number of hydrogen-bond acceptors (Lipinski definition) is 4. The monoisotopic (exact) mass is 356 g/mol. The summed E-state index contributed by atoms with van der Waals surface area (Å²) in [6, 6.07) is 15.5. The van der Waals surface area contributed by atoms with Gasteiger partial charge >= 0.3 is 0 Å². The van der Waals surface area contributed by atoms with E-state index in [0.29, 0.717) is 19.7 Å². The van der Waals surface area contributed by atoms with E-state index in [0.717, 1.165) is 17.1 Å². The van der Waals surface area contributed by atoms with E-state index in [1.165, 1.54) is 5.56 Å². The standard InChI is InChI=1S/C21H28N2O3/c1-16-9-11-18(12-10-16)26-14-13-23(3)15-21(24)22-17(2)19-7-5-6-8-20(19)25-4/h5-12,17H,13-15H2,1-4H3,(H,22,24). The van der Waals surface area contributed by atoms with E-state index in [1.807, 2.05) is 74.3 Å². The summed E-state index contributed by atoms with van der Waals surface area (Å²) >= 11 is 0. The van der Waals surface area contributed by atoms with Crippen molar-refractivity contribution >= 4 is 5.91 Å². The molecule has 5 nitrogen and oxygen atoms in total. The minimum atomic E-state index is -0.115. The van der Waals surface area contributed by atoms with E-state index in [2.05, 4.69) is 5.32 Å². The molecule has 0 spiro atoms. The minimum Gasteiger partial charge on any atom is -0.496 e. The lowest BCUT2D eigenvalue weighted by Gasteiger charge is -2.20. The molecule has 26 heavy (non-hydrogen) atoms. The molecular formula is C21H28N2O3. The summed E-state index contributed by atoms with van der Waals surface area (Å²) in [4.78, 5) is 14.2. The second-order valence-corrected chi connectivity index (χ2v) is 6.43. The van der Waals surface area contributed by atoms with Crippen LogP contribution >= 0.6 is 0 Å². The number of amides is 1. The van der Waals surface area contributed by atoms with Gasteiger partial charge in [0.1, 0.15) is 18.1 Å². The van der Waals surface area contributed by atoms with Crippen LogP contribution < -0.4 is 14.8 Å². The van der Waals surface area contributed by atoms with Gasteiger partial charge in [-0.05, 0) is 39.1 Å². The first-order valence-electron chi connectivity index (χ1n) is 8.80. The Morgan fingerprint density at radius 1 is 1.15 bits per heavy atom. The third-order valence-corrected chi connectivity index (χ3v) is 4.16. The topological polar surface area (TPSA) is 50.8 Å². The Balaban J connectivity index is 1.75. The van der Waals surface area contributed by atoms with Crippen LogP contribution in [0.25, 0.3) is 0 Å². The second-order valence-electron chi connectivity index (χ2n) is 6.43. The van der Waals surface area contributed by atoms with E-state index < -0.39 is 0 Å². The Labute approximate surface area is 155 Å². The molecule has 0 aliphatic heterocycles. The van der Waals surface area contributed by atoms with Crippen LogP contribution in [0, 0.1) is 6.92 Å². The number of benzene rings is 2. The molecule has 0 radical (unpaired) electrons. The Bertz CT molecular complexity index is 701. The molecule has 0 fully saturated rings. The molecule has 1 unspecified atom stereocenters. The maximum Gasteiger partial charge on any atom is 0.234 e. The van der Waals surface area contributed by atoms with Crippen molar-refractivity contribution in [3.8, 4) is 11.5 Å². The van der Waals surface area contributed by atoms with E-state index >= 15 is 0 Å². The van der Waals surface area contributed by atoms with Gasteiger partial charge in [0.15, 0.2) is 0 Å². The molecule has 1 atom stereocenters. The Morgan fingerprint density at radius 3 is 2.54 bits per heavy atom. The maximum atomic E-state index is 12.3. The quantitative estimate of drug-likeness (QED) is 0.750. The van der Waals surface area contributed by atoms with E-state index in [9.17, 15) is 4.79 Å². The molecule has 2 rings (SSSR count). The van der Waals surface area contributed by atoms with Crippen molar-refractivity contribution in [2.24, 2.45) is 0 Å². The molecule has 2 aromatic carbocycles. The number of hydrogen-bond donors (Lipinski definition) is 1. The van der Waals surface area contributed by atoms with Crippen LogP contribution in [-0.4, -0.2) is 44.7 Å². The van der Waals surface area contributed by atoms with E-state index in [-0.39, 0.29) is 11.9 Å². The van der Waals surface area contributed by atoms with Crippen LogP contribution in [0.1, 0.15) is 24.1 Å². The van der Waals surface area contributed by atoms with E-state index in [4.69, 9.17) is 9.47 Å². The fourth-order valence-corrected chi connectivity index (χ4v) is 2.67. The lowest BCUT2D eigenvalue weighted by atomic mass is 10.1. The summed E-state index contributed by atoms with van der Waals surface area (Å²) < 4.78 is 11.1. The van der Waals surface area contributed by atoms with Crippen LogP contribution in [0.4, 0.5) is 0 Å². The molecular weight excluding hydrogens is 328 g/mol. The Hall–Kier alpha value is -2.53. The largest absolute Gasteiger partial charge is 0.496 e. The highest BCUT2D eigenvalue weighted by Gasteiger charge is 2.14. The zero-order valence-electron chi connectivity index (χ0n) is 16.0. The summed E-state index contributed by atoms with van der Waals surface area (Å²) in [6.07, 6.45) is 0. The van der Waals surface area contributed by atoms with Gasteiger partial charge in [-0.25, -0.2) is 0 Å². The van der Waals surface area contributed by atoms with Crippen molar-refractivity contribution in [2.75, 3.05) is 33.9 Å². The van der Waals surface area contributed by atoms with Crippen molar-refractivity contribution in [1.29, 1.82) is 0 Å². The third kappa shape index (κ3) is 6.08. The molecule has 0 heterocycles. The Morgan fingerprint density at radius 2 is 1.85 bits per heavy atom. The van der Waals surface area contributed by atoms with Crippen molar-refractivity contribution in [2.45, 2.75) is 19.9 Å². The zero-order valence-corrected chi connectivity index (χ0v) is 16.0. The van der Waals surface area contributed by atoms with Gasteiger partial charge in [-0.3, -0.25) is 9.69 Å². The van der Waals surface area contributed by atoms with Gasteiger partial charge in [-0.2, -0.15) is 0 Å². The maximum absolute atomic E-state index is 12.3. The number of aryl methyl sites for hydroxylation is 1. The fourth-order valence-electron chi connectivity index (χ4n) is 2.67. The molecule has 5 heteroatoms. The molecule has 0 aromatic heterocycles. The van der Waals surface area contributed by atoms with Crippen LogP contribution in [0.2, 0.25) is 0 Å². The van der Waals surface area contributed by atoms with Crippen molar-refractivity contribution in [3.63, 3.8) is 0 Å². The van der Waals surface area contributed by atoms with Crippen LogP contribution in [0.3, 0.4) is 0 Å². The summed E-state index contributed by atoms with van der Waals surface area (Å²) in [7, 11) is 3.54. The number of nitrogens with zero attached hydrogens (tertiary/aromatic N) is 1. The number of para-hydroxylation sites is 1. The average Bonchev–Trinajstić information content (AvgIpc) is 2.63. The highest BCUT2D eigenvalue weighted by atomic mass is 16.5. The van der Waals surface area contributed by atoms with Crippen molar-refractivity contribution < 1.29 is 14.3 Å². The highest BCUT2D eigenvalue weighted by molar-refractivity contribution is 5.78. The first kappa shape index (κ1) is 19.8. The summed E-state index contributed by atoms with van der Waals surface area (Å²) in [5, 5.41) is 3.01. The lowest BCUT2D eigenvalue weighted by molar-refractivity contribution is -0.122. The SMILES string of the molecule is COc1ccccc1C(C)NC(=O)CN(C)CCOc1ccc(C)cc1. The first-order chi connectivity index (χ1) is 12.5. The van der Waals surface area contributed by atoms with Gasteiger partial charge in [0, 0.05) is 12.1 Å². The lowest BCUT2D eigenvalue weighted by Crippen LogP contribution is -2.38. The number of likely N-dealkylation sites (N-methyl/N-ethyl adjacent to an activating group) is 1. The van der Waals surface area contributed by atoms with Crippen LogP contribution in [0.5, 0.6) is 11.5 Å². The minimum absolute atomic E-state index is 0.0266. The second kappa shape index (κ2) is 9.82. The normalized spacial score (nSPS) is 11.9. The molecule has 0 saturated carbocycles. The number of carbonyl (C=O) groups excluding carboxylic acids is 1. The molecule has 0 saturated heterocycles. The average molecular weight is 356 g/mol. The number of methoxy groups -OCH3 is 1. The molecule has 0 aliphatic rings. The first-order valence-corrected chi connectivity index (χ1v) is 8.80. The molecule has 1 N–H and O–H groups in total. The predicted octanol–water partition coefficient (Wildman–Crippen LogP) is 3.19. The van der Waals surface area contributed by atoms with Gasteiger partial charge in [0.05, 0.1) is 19.7 Å². The Kier molecular flexibility index (Phi) is 7.48. The van der Waals surface area contributed by atoms with Crippen LogP contribution in [0.15, 0.2) is 48.5 Å². The predicted molar refractivity (Wildman–Crippen MR) is 104 cm³/mol. The molecule has 0 aliphatic carbocycles. The van der Waals surface area contributed by atoms with Crippen LogP contribution in [-0.2, 0) is 4.79 Å². The summed E-state index contributed by atoms with van der Waals surface area (Å²) in [5.74, 6) is 1.60. The number of carbonyl (C=O) groups is 1. The van der Waals surface area contributed by atoms with Crippen molar-refractivity contribution in [3.05, 3.63) is 59.7 Å². The van der Waals surface area contributed by atoms with Crippen molar-refractivity contribution in [1.82, 2.24) is 10.2 Å².